The monoisotopic (exact) mass is 143 g/mol. The molecule has 1 saturated heterocycles. The first kappa shape index (κ1) is 7.54. The fraction of sp³-hybridized carbons (Fsp3) is 0.857. The lowest BCUT2D eigenvalue weighted by Gasteiger charge is -2.20. The van der Waals surface area contributed by atoms with Crippen LogP contribution in [0, 0.1) is 5.92 Å². The fourth-order valence-electron chi connectivity index (χ4n) is 1.06. The van der Waals surface area contributed by atoms with Crippen LogP contribution < -0.4 is 0 Å². The average molecular weight is 143 g/mol. The number of hydrogen-bond donors (Lipinski definition) is 0. The first-order chi connectivity index (χ1) is 4.93. The van der Waals surface area contributed by atoms with Crippen LogP contribution >= 0.6 is 0 Å². The maximum atomic E-state index is 9.67. The van der Waals surface area contributed by atoms with Crippen molar-refractivity contribution in [2.75, 3.05) is 19.8 Å². The highest BCUT2D eigenvalue weighted by Crippen LogP contribution is 2.13. The topological polar surface area (TPSA) is 35.5 Å². The summed E-state index contributed by atoms with van der Waals surface area (Å²) < 4.78 is 9.64. The minimum absolute atomic E-state index is 0.496. The number of hydrogen-bond acceptors (Lipinski definition) is 3. The van der Waals surface area contributed by atoms with Crippen molar-refractivity contribution in [3.63, 3.8) is 0 Å². The zero-order chi connectivity index (χ0) is 7.23. The number of rotatable bonds is 3. The van der Waals surface area contributed by atoms with Crippen LogP contribution in [-0.2, 0) is 14.3 Å². The van der Waals surface area contributed by atoms with Gasteiger partial charge in [0.25, 0.3) is 0 Å². The van der Waals surface area contributed by atoms with Crippen LogP contribution in [0.15, 0.2) is 0 Å². The molecule has 0 aromatic rings. The predicted molar refractivity (Wildman–Crippen MR) is 35.2 cm³/mol. The third-order valence-electron chi connectivity index (χ3n) is 1.72. The summed E-state index contributed by atoms with van der Waals surface area (Å²) in [6.45, 7) is 3.53. The summed E-state index contributed by atoms with van der Waals surface area (Å²) in [5, 5.41) is 0. The summed E-state index contributed by atoms with van der Waals surface area (Å²) in [5.41, 5.74) is 0. The molecule has 0 bridgehead atoms. The molecular formula is C7H11O3. The average Bonchev–Trinajstić information content (AvgIpc) is 2.03. The Balaban J connectivity index is 2.07. The minimum atomic E-state index is 0.496. The Hall–Kier alpha value is -0.570. The summed E-state index contributed by atoms with van der Waals surface area (Å²) >= 11 is 0. The van der Waals surface area contributed by atoms with Gasteiger partial charge < -0.3 is 9.47 Å². The molecule has 3 heteroatoms. The van der Waals surface area contributed by atoms with Crippen LogP contribution in [0.1, 0.15) is 12.8 Å². The van der Waals surface area contributed by atoms with Gasteiger partial charge in [0.05, 0.1) is 6.61 Å². The van der Waals surface area contributed by atoms with Crippen molar-refractivity contribution in [2.24, 2.45) is 5.92 Å². The number of ether oxygens (including phenoxy) is 2. The lowest BCUT2D eigenvalue weighted by molar-refractivity contribution is 0.0472. The van der Waals surface area contributed by atoms with Crippen molar-refractivity contribution in [3.8, 4) is 0 Å². The van der Waals surface area contributed by atoms with E-state index in [-0.39, 0.29) is 0 Å². The Kier molecular flexibility index (Phi) is 3.22. The highest BCUT2D eigenvalue weighted by Gasteiger charge is 2.13. The van der Waals surface area contributed by atoms with Gasteiger partial charge >= 0.3 is 6.47 Å². The van der Waals surface area contributed by atoms with Crippen LogP contribution in [0.5, 0.6) is 0 Å². The largest absolute Gasteiger partial charge is 0.457 e. The first-order valence-corrected chi connectivity index (χ1v) is 3.50. The highest BCUT2D eigenvalue weighted by molar-refractivity contribution is 5.38. The molecule has 57 valence electrons. The molecule has 0 aromatic carbocycles. The second kappa shape index (κ2) is 4.28. The molecule has 1 fully saturated rings. The van der Waals surface area contributed by atoms with E-state index in [0.29, 0.717) is 12.5 Å². The van der Waals surface area contributed by atoms with Crippen molar-refractivity contribution in [1.82, 2.24) is 0 Å². The molecule has 1 radical (unpaired) electrons. The predicted octanol–water partition coefficient (Wildman–Crippen LogP) is 0.497. The normalized spacial score (nSPS) is 20.4. The lowest BCUT2D eigenvalue weighted by Crippen LogP contribution is -2.19. The molecule has 1 aliphatic rings. The summed E-state index contributed by atoms with van der Waals surface area (Å²) in [4.78, 5) is 9.67. The molecule has 0 saturated carbocycles. The molecule has 3 nitrogen and oxygen atoms in total. The SMILES string of the molecule is O=[C]OCC1CCOCC1. The van der Waals surface area contributed by atoms with Crippen LogP contribution in [0.25, 0.3) is 0 Å². The van der Waals surface area contributed by atoms with Gasteiger partial charge in [-0.1, -0.05) is 0 Å². The van der Waals surface area contributed by atoms with Crippen molar-refractivity contribution in [2.45, 2.75) is 12.8 Å². The van der Waals surface area contributed by atoms with Gasteiger partial charge in [-0.25, -0.2) is 4.79 Å². The van der Waals surface area contributed by atoms with E-state index < -0.39 is 0 Å². The standard InChI is InChI=1S/C7H11O3/c8-6-10-5-7-1-3-9-4-2-7/h7H,1-5H2. The Morgan fingerprint density at radius 1 is 1.50 bits per heavy atom. The molecular weight excluding hydrogens is 132 g/mol. The van der Waals surface area contributed by atoms with Crippen LogP contribution in [0.4, 0.5) is 0 Å². The zero-order valence-corrected chi connectivity index (χ0v) is 5.84. The van der Waals surface area contributed by atoms with E-state index in [2.05, 4.69) is 4.74 Å². The summed E-state index contributed by atoms with van der Waals surface area (Å²) in [6, 6.07) is 0. The summed E-state index contributed by atoms with van der Waals surface area (Å²) in [5.74, 6) is 0.496. The zero-order valence-electron chi connectivity index (χ0n) is 5.84. The van der Waals surface area contributed by atoms with Crippen molar-refractivity contribution < 1.29 is 14.3 Å². The fourth-order valence-corrected chi connectivity index (χ4v) is 1.06. The third kappa shape index (κ3) is 2.35. The molecule has 0 N–H and O–H groups in total. The molecule has 1 aliphatic heterocycles. The Morgan fingerprint density at radius 3 is 2.80 bits per heavy atom. The quantitative estimate of drug-likeness (QED) is 0.577. The van der Waals surface area contributed by atoms with Crippen molar-refractivity contribution in [1.29, 1.82) is 0 Å². The van der Waals surface area contributed by atoms with E-state index in [1.54, 1.807) is 0 Å². The third-order valence-corrected chi connectivity index (χ3v) is 1.72. The molecule has 0 unspecified atom stereocenters. The number of carbonyl (C=O) groups excluding carboxylic acids is 1. The Labute approximate surface area is 60.3 Å². The van der Waals surface area contributed by atoms with Crippen LogP contribution in [0.2, 0.25) is 0 Å². The molecule has 0 aromatic heterocycles. The van der Waals surface area contributed by atoms with Gasteiger partial charge in [0.1, 0.15) is 0 Å². The van der Waals surface area contributed by atoms with Gasteiger partial charge in [-0.3, -0.25) is 0 Å². The molecule has 1 rings (SSSR count). The Morgan fingerprint density at radius 2 is 2.20 bits per heavy atom. The van der Waals surface area contributed by atoms with Gasteiger partial charge in [0, 0.05) is 13.2 Å². The summed E-state index contributed by atoms with van der Waals surface area (Å²) in [6.07, 6.45) is 2.00. The first-order valence-electron chi connectivity index (χ1n) is 3.50. The van der Waals surface area contributed by atoms with Gasteiger partial charge in [0.15, 0.2) is 0 Å². The molecule has 10 heavy (non-hydrogen) atoms. The van der Waals surface area contributed by atoms with E-state index >= 15 is 0 Å². The van der Waals surface area contributed by atoms with E-state index in [0.717, 1.165) is 26.1 Å². The van der Waals surface area contributed by atoms with Crippen molar-refractivity contribution in [3.05, 3.63) is 0 Å². The van der Waals surface area contributed by atoms with Crippen LogP contribution in [0.3, 0.4) is 0 Å². The summed E-state index contributed by atoms with van der Waals surface area (Å²) in [7, 11) is 0. The van der Waals surface area contributed by atoms with Gasteiger partial charge in [-0.15, -0.1) is 0 Å². The molecule has 0 amide bonds. The second-order valence-electron chi connectivity index (χ2n) is 2.45. The second-order valence-corrected chi connectivity index (χ2v) is 2.45. The van der Waals surface area contributed by atoms with E-state index in [1.165, 1.54) is 6.47 Å². The van der Waals surface area contributed by atoms with Gasteiger partial charge in [0.2, 0.25) is 0 Å². The molecule has 1 heterocycles. The minimum Gasteiger partial charge on any atom is -0.457 e. The van der Waals surface area contributed by atoms with Gasteiger partial charge in [-0.2, -0.15) is 0 Å². The van der Waals surface area contributed by atoms with Gasteiger partial charge in [-0.05, 0) is 18.8 Å². The maximum absolute atomic E-state index is 9.67. The Bertz CT molecular complexity index is 97.0. The van der Waals surface area contributed by atoms with Crippen molar-refractivity contribution >= 4 is 6.47 Å². The van der Waals surface area contributed by atoms with E-state index in [9.17, 15) is 4.79 Å². The van der Waals surface area contributed by atoms with E-state index in [1.807, 2.05) is 0 Å². The lowest BCUT2D eigenvalue weighted by atomic mass is 10.0. The highest BCUT2D eigenvalue weighted by atomic mass is 16.5. The molecule has 0 atom stereocenters. The molecule has 0 spiro atoms. The van der Waals surface area contributed by atoms with E-state index in [4.69, 9.17) is 4.74 Å². The smallest absolute Gasteiger partial charge is 0.417 e. The molecule has 0 aliphatic carbocycles. The maximum Gasteiger partial charge on any atom is 0.417 e. The van der Waals surface area contributed by atoms with Crippen LogP contribution in [-0.4, -0.2) is 26.3 Å².